The molecule has 0 heterocycles. The van der Waals surface area contributed by atoms with E-state index >= 15 is 0 Å². The van der Waals surface area contributed by atoms with Crippen LogP contribution in [-0.4, -0.2) is 170 Å². The molecule has 0 atom stereocenters. The molecular formula is C32H68N8O12S6. The zero-order valence-electron chi connectivity index (χ0n) is 36.9. The van der Waals surface area contributed by atoms with Gasteiger partial charge in [0.1, 0.15) is 17.3 Å². The smallest absolute Gasteiger partial charge is 0.314 e. The first kappa shape index (κ1) is 69.4. The zero-order chi connectivity index (χ0) is 49.0. The van der Waals surface area contributed by atoms with Gasteiger partial charge < -0.3 is 42.1 Å². The van der Waals surface area contributed by atoms with E-state index in [0.717, 1.165) is 69.8 Å². The quantitative estimate of drug-likeness (QED) is 0.0385. The van der Waals surface area contributed by atoms with Gasteiger partial charge in [0.05, 0.1) is 29.3 Å². The summed E-state index contributed by atoms with van der Waals surface area (Å²) in [5, 5.41) is 39.8. The van der Waals surface area contributed by atoms with Crippen molar-refractivity contribution < 1.29 is 63.2 Å². The molecular weight excluding hydrogens is 881 g/mol. The molecule has 0 aliphatic rings. The highest BCUT2D eigenvalue weighted by Gasteiger charge is 2.05. The van der Waals surface area contributed by atoms with Crippen molar-refractivity contribution in [3.63, 3.8) is 0 Å². The molecule has 0 saturated carbocycles. The molecule has 0 unspecified atom stereocenters. The molecule has 0 saturated heterocycles. The Morgan fingerprint density at radius 2 is 0.897 bits per heavy atom. The third-order valence-corrected chi connectivity index (χ3v) is 9.57. The summed E-state index contributed by atoms with van der Waals surface area (Å²) in [5.41, 5.74) is 4.50. The van der Waals surface area contributed by atoms with E-state index in [1.807, 2.05) is 13.8 Å². The van der Waals surface area contributed by atoms with Crippen LogP contribution in [0.5, 0.6) is 0 Å². The summed E-state index contributed by atoms with van der Waals surface area (Å²) in [6.45, 7) is 4.01. The molecule has 58 heavy (non-hydrogen) atoms. The molecule has 3 amide bonds. The second kappa shape index (κ2) is 68.5. The third-order valence-electron chi connectivity index (χ3n) is 4.13. The van der Waals surface area contributed by atoms with Crippen molar-refractivity contribution in [2.75, 3.05) is 90.9 Å². The van der Waals surface area contributed by atoms with Gasteiger partial charge in [0.25, 0.3) is 0 Å². The molecule has 0 fully saturated rings. The van der Waals surface area contributed by atoms with E-state index in [4.69, 9.17) is 23.4 Å². The van der Waals surface area contributed by atoms with Crippen molar-refractivity contribution in [3.8, 4) is 0 Å². The number of carboxylic acid groups (broad SMARTS) is 4. The largest absolute Gasteiger partial charge is 0.481 e. The second-order valence-corrected chi connectivity index (χ2v) is 15.0. The summed E-state index contributed by atoms with van der Waals surface area (Å²) in [6.07, 6.45) is 4.60. The molecule has 0 bridgehead atoms. The van der Waals surface area contributed by atoms with Gasteiger partial charge in [0.2, 0.25) is 17.7 Å². The molecule has 9 N–H and O–H groups in total. The lowest BCUT2D eigenvalue weighted by atomic mass is 10.3. The lowest BCUT2D eigenvalue weighted by Gasteiger charge is -1.98. The van der Waals surface area contributed by atoms with Gasteiger partial charge in [-0.25, -0.2) is 20.0 Å². The highest BCUT2D eigenvalue weighted by Crippen LogP contribution is 2.20. The van der Waals surface area contributed by atoms with E-state index in [-0.39, 0.29) is 53.0 Å². The van der Waals surface area contributed by atoms with Crippen LogP contribution >= 0.6 is 67.6 Å². The molecule has 26 heteroatoms. The van der Waals surface area contributed by atoms with E-state index < -0.39 is 23.9 Å². The first-order chi connectivity index (χ1) is 28.4. The number of hydrogen-bond acceptors (Lipinski definition) is 19. The van der Waals surface area contributed by atoms with Crippen LogP contribution in [0.3, 0.4) is 0 Å². The number of carboxylic acids is 4. The predicted molar refractivity (Wildman–Crippen MR) is 251 cm³/mol. The Labute approximate surface area is 372 Å². The minimum absolute atomic E-state index is 0. The van der Waals surface area contributed by atoms with Gasteiger partial charge in [0.15, 0.2) is 5.12 Å². The minimum atomic E-state index is -0.928. The van der Waals surface area contributed by atoms with Crippen molar-refractivity contribution in [2.45, 2.75) is 52.4 Å². The van der Waals surface area contributed by atoms with E-state index in [1.54, 1.807) is 49.3 Å². The number of unbranched alkanes of at least 4 members (excludes halogenated alkanes) is 2. The Bertz CT molecular complexity index is 1140. The number of carbonyl (C=O) groups is 8. The van der Waals surface area contributed by atoms with Gasteiger partial charge in [-0.2, -0.15) is 12.6 Å². The molecule has 20 nitrogen and oxygen atoms in total. The Kier molecular flexibility index (Phi) is 81.9. The van der Waals surface area contributed by atoms with Crippen LogP contribution in [0.1, 0.15) is 56.8 Å². The second-order valence-electron chi connectivity index (χ2n) is 8.76. The molecule has 0 aromatic rings. The molecule has 0 spiro atoms. The summed E-state index contributed by atoms with van der Waals surface area (Å²) in [6, 6.07) is 4.72. The maximum atomic E-state index is 11.0. The summed E-state index contributed by atoms with van der Waals surface area (Å²) < 4.78 is 10.0. The average molecular weight is 954 g/mol. The van der Waals surface area contributed by atoms with Gasteiger partial charge in [-0.1, -0.05) is 81.6 Å². The van der Waals surface area contributed by atoms with Crippen LogP contribution in [0, 0.1) is 0 Å². The Morgan fingerprint density at radius 3 is 1.10 bits per heavy atom. The Morgan fingerprint density at radius 1 is 0.586 bits per heavy atom. The van der Waals surface area contributed by atoms with Crippen LogP contribution < -0.4 is 21.7 Å². The van der Waals surface area contributed by atoms with Crippen molar-refractivity contribution in [2.24, 2.45) is 25.7 Å². The monoisotopic (exact) mass is 953 g/mol. The lowest BCUT2D eigenvalue weighted by Crippen LogP contribution is -2.20. The molecule has 0 aromatic heterocycles. The van der Waals surface area contributed by atoms with Gasteiger partial charge in [-0.3, -0.25) is 38.4 Å². The Hall–Kier alpha value is -3.22. The first-order valence-corrected chi connectivity index (χ1v) is 23.2. The van der Waals surface area contributed by atoms with Crippen molar-refractivity contribution in [3.05, 3.63) is 0 Å². The van der Waals surface area contributed by atoms with E-state index in [9.17, 15) is 38.4 Å². The Balaban J connectivity index is -0.0000000625. The summed E-state index contributed by atoms with van der Waals surface area (Å²) >= 11 is 4.78. The molecule has 0 aliphatic heterocycles. The fourth-order valence-electron chi connectivity index (χ4n) is 1.66. The van der Waals surface area contributed by atoms with Crippen LogP contribution in [0.2, 0.25) is 0 Å². The number of thioether (sulfide) groups is 1. The maximum Gasteiger partial charge on any atom is 0.314 e. The maximum absolute atomic E-state index is 11.0. The number of nitrogens with zero attached hydrogens (tertiary/aromatic N) is 4. The van der Waals surface area contributed by atoms with E-state index in [1.165, 1.54) is 17.8 Å². The number of aliphatic imine (C=N–C) groups is 4. The van der Waals surface area contributed by atoms with Crippen LogP contribution in [-0.2, 0) is 38.4 Å². The third kappa shape index (κ3) is 111. The van der Waals surface area contributed by atoms with Crippen LogP contribution in [0.25, 0.3) is 0 Å². The number of nitrogens with two attached hydrogens (primary N) is 1. The number of nitrogens with one attached hydrogen (secondary N) is 3. The fraction of sp³-hybridized carbons (Fsp3) is 0.688. The predicted octanol–water partition coefficient (Wildman–Crippen LogP) is 3.75. The van der Waals surface area contributed by atoms with Gasteiger partial charge in [-0.15, -0.1) is 0 Å². The molecule has 0 aliphatic carbocycles. The highest BCUT2D eigenvalue weighted by molar-refractivity contribution is 8.77. The first-order valence-electron chi connectivity index (χ1n) is 17.6. The molecule has 0 radical (unpaired) electrons. The SMILES string of the molecule is CCCCC(=O)O.CCCCC(=O)SCC(=O)NC.CN.CN=C=NC.CN=C=NC.CNC(=O)CS.CNC(=O)CSSCC(=O)O.O=C(O)CSSCC(=O)O.[2H][3H].[3HH]. The topological polar surface area (TPSA) is 329 Å². The fourth-order valence-corrected chi connectivity index (χ4v) is 5.66. The zero-order valence-corrected chi connectivity index (χ0v) is 39.9. The number of rotatable bonds is 19. The number of hydrogen-bond donors (Lipinski definition) is 9. The molecule has 0 rings (SSSR count). The summed E-state index contributed by atoms with van der Waals surface area (Å²) in [7, 11) is 17.2. The van der Waals surface area contributed by atoms with Crippen molar-refractivity contribution >= 4 is 126 Å². The van der Waals surface area contributed by atoms with Crippen LogP contribution in [0.15, 0.2) is 20.0 Å². The number of carbonyl (C=O) groups excluding carboxylic acids is 4. The standard InChI is InChI=1S/C8H15NO2S.C5H9NO3S2.C5H10O2.C4H6O4S2.2C3H6N2.C3H7NOS.CH5N.2H2/c1-3-4-5-8(11)12-6-7(10)9-2;1-6-4(7)2-10-11-3-5(8)9;1-2-3-4-5(6)7;5-3(6)1-9-10-2-4(7)8;2*1-4-3-5-2;1-4-3(5)2-6;1-2;;/h3-6H2,1-2H3,(H,9,10);2-3H2,1H3,(H,6,7)(H,8,9);2-4H2,1H3,(H,6,7);1-2H2,(H,5,6)(H,7,8);2*1-2H3;6H,2H2,1H3,(H,4,5);2H2,1H3;2*1H/i;;;;;;;;1+2D;1+2. The van der Waals surface area contributed by atoms with Crippen molar-refractivity contribution in [1.82, 2.24) is 16.0 Å². The lowest BCUT2D eigenvalue weighted by molar-refractivity contribution is -0.137. The van der Waals surface area contributed by atoms with Gasteiger partial charge >= 0.3 is 23.9 Å². The number of aliphatic carboxylic acids is 4. The van der Waals surface area contributed by atoms with Crippen LogP contribution in [0.4, 0.5) is 0 Å². The average Bonchev–Trinajstić information content (AvgIpc) is 3.24. The van der Waals surface area contributed by atoms with Gasteiger partial charge in [0, 0.05) is 66.6 Å². The molecule has 0 aromatic carbocycles. The number of amides is 3. The van der Waals surface area contributed by atoms with Crippen molar-refractivity contribution in [1.29, 1.82) is 0 Å². The minimum Gasteiger partial charge on any atom is -0.481 e. The highest BCUT2D eigenvalue weighted by atomic mass is 33.1. The summed E-state index contributed by atoms with van der Waals surface area (Å²) in [5.74, 6) is -2.90. The van der Waals surface area contributed by atoms with Gasteiger partial charge in [-0.05, 0) is 19.9 Å². The van der Waals surface area contributed by atoms with E-state index in [0.29, 0.717) is 18.6 Å². The van der Waals surface area contributed by atoms with E-state index in [2.05, 4.69) is 66.3 Å². The summed E-state index contributed by atoms with van der Waals surface area (Å²) in [4.78, 5) is 95.5. The normalized spacial score (nSPS) is 8.28. The number of thiol groups is 1. The molecule has 344 valence electrons.